The second-order valence-corrected chi connectivity index (χ2v) is 9.44. The van der Waals surface area contributed by atoms with E-state index in [0.29, 0.717) is 29.9 Å². The number of piperazine rings is 1. The van der Waals surface area contributed by atoms with E-state index in [0.717, 1.165) is 12.1 Å². The molecule has 0 bridgehead atoms. The lowest BCUT2D eigenvalue weighted by atomic mass is 10.1. The average Bonchev–Trinajstić information content (AvgIpc) is 2.74. The largest absolute Gasteiger partial charge is 0.493 e. The van der Waals surface area contributed by atoms with Crippen molar-refractivity contribution in [1.29, 1.82) is 0 Å². The molecule has 30 heavy (non-hydrogen) atoms. The molecule has 1 heterocycles. The normalized spacial score (nSPS) is 15.4. The van der Waals surface area contributed by atoms with E-state index < -0.39 is 21.7 Å². The summed E-state index contributed by atoms with van der Waals surface area (Å²) in [6.07, 6.45) is 0. The van der Waals surface area contributed by atoms with E-state index in [2.05, 4.69) is 0 Å². The van der Waals surface area contributed by atoms with E-state index in [1.54, 1.807) is 29.2 Å². The number of amides is 1. The van der Waals surface area contributed by atoms with Crippen molar-refractivity contribution in [3.63, 3.8) is 0 Å². The molecule has 0 unspecified atom stereocenters. The van der Waals surface area contributed by atoms with E-state index in [-0.39, 0.29) is 37.0 Å². The quantitative estimate of drug-likeness (QED) is 0.695. The van der Waals surface area contributed by atoms with Gasteiger partial charge in [0.15, 0.2) is 11.6 Å². The number of ether oxygens (including phenoxy) is 1. The summed E-state index contributed by atoms with van der Waals surface area (Å²) >= 11 is 0. The second-order valence-electron chi connectivity index (χ2n) is 7.50. The number of hydrogen-bond donors (Lipinski definition) is 0. The third-order valence-electron chi connectivity index (χ3n) is 4.72. The lowest BCUT2D eigenvalue weighted by Crippen LogP contribution is -2.50. The minimum atomic E-state index is -3.97. The van der Waals surface area contributed by atoms with Crippen LogP contribution in [0.1, 0.15) is 24.2 Å². The molecule has 0 atom stereocenters. The van der Waals surface area contributed by atoms with Crippen molar-refractivity contribution in [1.82, 2.24) is 9.21 Å². The fraction of sp³-hybridized carbons (Fsp3) is 0.381. The van der Waals surface area contributed by atoms with E-state index >= 15 is 0 Å². The fourth-order valence-electron chi connectivity index (χ4n) is 3.08. The van der Waals surface area contributed by atoms with Gasteiger partial charge in [-0.2, -0.15) is 4.31 Å². The predicted octanol–water partition coefficient (Wildman–Crippen LogP) is 3.15. The van der Waals surface area contributed by atoms with Crippen LogP contribution in [-0.2, 0) is 10.0 Å². The molecule has 2 aromatic rings. The van der Waals surface area contributed by atoms with Crippen molar-refractivity contribution in [2.24, 2.45) is 5.92 Å². The molecule has 3 rings (SSSR count). The Morgan fingerprint density at radius 3 is 2.37 bits per heavy atom. The SMILES string of the molecule is CC(C)COc1cccc(C(=O)N2CCN(S(=O)(=O)c3ccc(F)c(F)c3)CC2)c1. The van der Waals surface area contributed by atoms with Gasteiger partial charge in [-0.15, -0.1) is 0 Å². The molecule has 0 radical (unpaired) electrons. The lowest BCUT2D eigenvalue weighted by Gasteiger charge is -2.34. The Morgan fingerprint density at radius 2 is 1.73 bits per heavy atom. The van der Waals surface area contributed by atoms with Crippen LogP contribution in [0.25, 0.3) is 0 Å². The zero-order valence-corrected chi connectivity index (χ0v) is 17.7. The zero-order valence-electron chi connectivity index (χ0n) is 16.8. The van der Waals surface area contributed by atoms with Crippen molar-refractivity contribution in [3.05, 3.63) is 59.7 Å². The Morgan fingerprint density at radius 1 is 1.03 bits per heavy atom. The van der Waals surface area contributed by atoms with Crippen LogP contribution >= 0.6 is 0 Å². The molecule has 162 valence electrons. The number of halogens is 2. The molecule has 0 N–H and O–H groups in total. The van der Waals surface area contributed by atoms with Gasteiger partial charge in [0.2, 0.25) is 10.0 Å². The fourth-order valence-corrected chi connectivity index (χ4v) is 4.52. The monoisotopic (exact) mass is 438 g/mol. The topological polar surface area (TPSA) is 66.9 Å². The van der Waals surface area contributed by atoms with Crippen molar-refractivity contribution in [3.8, 4) is 5.75 Å². The Hall–Kier alpha value is -2.52. The highest BCUT2D eigenvalue weighted by Crippen LogP contribution is 2.21. The van der Waals surface area contributed by atoms with E-state index in [9.17, 15) is 22.0 Å². The molecule has 2 aromatic carbocycles. The highest BCUT2D eigenvalue weighted by atomic mass is 32.2. The Labute approximate surface area is 175 Å². The number of carbonyl (C=O) groups is 1. The van der Waals surface area contributed by atoms with Crippen molar-refractivity contribution < 1.29 is 26.7 Å². The van der Waals surface area contributed by atoms with E-state index in [1.807, 2.05) is 13.8 Å². The minimum absolute atomic E-state index is 0.0661. The van der Waals surface area contributed by atoms with Crippen LogP contribution in [0.15, 0.2) is 47.4 Å². The summed E-state index contributed by atoms with van der Waals surface area (Å²) in [6, 6.07) is 9.39. The number of nitrogens with zero attached hydrogens (tertiary/aromatic N) is 2. The van der Waals surface area contributed by atoms with Crippen LogP contribution in [0.4, 0.5) is 8.78 Å². The molecule has 1 aliphatic rings. The summed E-state index contributed by atoms with van der Waals surface area (Å²) in [5.41, 5.74) is 0.466. The highest BCUT2D eigenvalue weighted by Gasteiger charge is 2.31. The van der Waals surface area contributed by atoms with Crippen LogP contribution in [-0.4, -0.2) is 56.3 Å². The molecule has 0 aliphatic carbocycles. The summed E-state index contributed by atoms with van der Waals surface area (Å²) in [7, 11) is -3.97. The van der Waals surface area contributed by atoms with E-state index in [1.165, 1.54) is 4.31 Å². The van der Waals surface area contributed by atoms with Gasteiger partial charge >= 0.3 is 0 Å². The van der Waals surface area contributed by atoms with Crippen LogP contribution in [0.3, 0.4) is 0 Å². The first-order chi connectivity index (χ1) is 14.2. The highest BCUT2D eigenvalue weighted by molar-refractivity contribution is 7.89. The first kappa shape index (κ1) is 22.2. The standard InChI is InChI=1S/C21H24F2N2O4S/c1-15(2)14-29-17-5-3-4-16(12-17)21(26)24-8-10-25(11-9-24)30(27,28)18-6-7-19(22)20(23)13-18/h3-7,12-13,15H,8-11,14H2,1-2H3. The van der Waals surface area contributed by atoms with Gasteiger partial charge in [0.25, 0.3) is 5.91 Å². The molecule has 1 saturated heterocycles. The number of carbonyl (C=O) groups excluding carboxylic acids is 1. The molecule has 1 amide bonds. The molecule has 0 saturated carbocycles. The summed E-state index contributed by atoms with van der Waals surface area (Å²) < 4.78 is 58.8. The van der Waals surface area contributed by atoms with Crippen LogP contribution in [0.5, 0.6) is 5.75 Å². The molecule has 0 aromatic heterocycles. The van der Waals surface area contributed by atoms with Crippen LogP contribution < -0.4 is 4.74 Å². The van der Waals surface area contributed by atoms with Gasteiger partial charge in [0.1, 0.15) is 5.75 Å². The van der Waals surface area contributed by atoms with Crippen LogP contribution in [0, 0.1) is 17.6 Å². The van der Waals surface area contributed by atoms with Crippen LogP contribution in [0.2, 0.25) is 0 Å². The Bertz CT molecular complexity index is 1020. The predicted molar refractivity (Wildman–Crippen MR) is 108 cm³/mol. The molecule has 9 heteroatoms. The van der Waals surface area contributed by atoms with E-state index in [4.69, 9.17) is 4.74 Å². The molecule has 1 fully saturated rings. The maximum absolute atomic E-state index is 13.4. The molecule has 0 spiro atoms. The Balaban J connectivity index is 1.65. The molecular weight excluding hydrogens is 414 g/mol. The van der Waals surface area contributed by atoms with Crippen molar-refractivity contribution in [2.75, 3.05) is 32.8 Å². The van der Waals surface area contributed by atoms with Crippen molar-refractivity contribution in [2.45, 2.75) is 18.7 Å². The summed E-state index contributed by atoms with van der Waals surface area (Å²) in [6.45, 7) is 5.12. The summed E-state index contributed by atoms with van der Waals surface area (Å²) in [5.74, 6) is -1.58. The first-order valence-electron chi connectivity index (χ1n) is 9.66. The van der Waals surface area contributed by atoms with Gasteiger partial charge in [-0.3, -0.25) is 4.79 Å². The maximum atomic E-state index is 13.4. The number of sulfonamides is 1. The third-order valence-corrected chi connectivity index (χ3v) is 6.61. The van der Waals surface area contributed by atoms with Gasteiger partial charge in [-0.1, -0.05) is 19.9 Å². The maximum Gasteiger partial charge on any atom is 0.254 e. The van der Waals surface area contributed by atoms with Gasteiger partial charge in [-0.05, 0) is 42.3 Å². The third kappa shape index (κ3) is 4.96. The minimum Gasteiger partial charge on any atom is -0.493 e. The first-order valence-corrected chi connectivity index (χ1v) is 11.1. The number of hydrogen-bond acceptors (Lipinski definition) is 4. The molecule has 6 nitrogen and oxygen atoms in total. The van der Waals surface area contributed by atoms with Gasteiger partial charge in [0, 0.05) is 31.7 Å². The molecular formula is C21H24F2N2O4S. The number of benzene rings is 2. The molecule has 1 aliphatic heterocycles. The van der Waals surface area contributed by atoms with Crippen molar-refractivity contribution >= 4 is 15.9 Å². The smallest absolute Gasteiger partial charge is 0.254 e. The second kappa shape index (κ2) is 9.09. The van der Waals surface area contributed by atoms with Gasteiger partial charge in [0.05, 0.1) is 11.5 Å². The van der Waals surface area contributed by atoms with Gasteiger partial charge in [-0.25, -0.2) is 17.2 Å². The average molecular weight is 438 g/mol. The Kier molecular flexibility index (Phi) is 6.72. The summed E-state index contributed by atoms with van der Waals surface area (Å²) in [4.78, 5) is 14.1. The lowest BCUT2D eigenvalue weighted by molar-refractivity contribution is 0.0697. The zero-order chi connectivity index (χ0) is 21.9. The summed E-state index contributed by atoms with van der Waals surface area (Å²) in [5, 5.41) is 0. The van der Waals surface area contributed by atoms with Gasteiger partial charge < -0.3 is 9.64 Å². The number of rotatable bonds is 6.